The molecule has 2 N–H and O–H groups in total. The van der Waals surface area contributed by atoms with E-state index in [4.69, 9.17) is 0 Å². The van der Waals surface area contributed by atoms with Crippen molar-refractivity contribution in [3.63, 3.8) is 0 Å². The second-order valence-electron chi connectivity index (χ2n) is 9.11. The Kier molecular flexibility index (Phi) is 6.06. The number of pyridine rings is 1. The molecule has 0 spiro atoms. The summed E-state index contributed by atoms with van der Waals surface area (Å²) in [5.41, 5.74) is 2.21. The third kappa shape index (κ3) is 4.41. The van der Waals surface area contributed by atoms with Gasteiger partial charge in [-0.3, -0.25) is 0 Å². The number of nitrogens with zero attached hydrogens (tertiary/aromatic N) is 6. The summed E-state index contributed by atoms with van der Waals surface area (Å²) in [6.45, 7) is 10.8. The van der Waals surface area contributed by atoms with Crippen molar-refractivity contribution in [2.75, 3.05) is 29.9 Å². The molecule has 0 amide bonds. The Bertz CT molecular complexity index is 1370. The lowest BCUT2D eigenvalue weighted by Crippen LogP contribution is -2.49. The molecule has 182 valence electrons. The molecule has 1 saturated heterocycles. The third-order valence-corrected chi connectivity index (χ3v) is 6.28. The van der Waals surface area contributed by atoms with Gasteiger partial charge < -0.3 is 20.1 Å². The van der Waals surface area contributed by atoms with Crippen LogP contribution in [0.1, 0.15) is 32.6 Å². The molecule has 8 nitrogen and oxygen atoms in total. The molecule has 1 aliphatic rings. The van der Waals surface area contributed by atoms with Crippen LogP contribution >= 0.6 is 0 Å². The quantitative estimate of drug-likeness (QED) is 0.434. The van der Waals surface area contributed by atoms with Gasteiger partial charge in [-0.25, -0.2) is 28.7 Å². The van der Waals surface area contributed by atoms with Crippen LogP contribution in [0.4, 0.5) is 26.2 Å². The number of benzene rings is 1. The molecule has 1 aromatic carbocycles. The molecular formula is C25H28F2N8. The second kappa shape index (κ2) is 9.18. The third-order valence-electron chi connectivity index (χ3n) is 6.28. The first-order chi connectivity index (χ1) is 16.8. The number of halogens is 2. The number of hydrogen-bond donors (Lipinski definition) is 2. The molecule has 35 heavy (non-hydrogen) atoms. The van der Waals surface area contributed by atoms with E-state index in [-0.39, 0.29) is 23.2 Å². The topological polar surface area (TPSA) is 83.8 Å². The zero-order chi connectivity index (χ0) is 24.7. The van der Waals surface area contributed by atoms with E-state index >= 15 is 0 Å². The fourth-order valence-electron chi connectivity index (χ4n) is 4.66. The van der Waals surface area contributed by atoms with Crippen molar-refractivity contribution in [1.29, 1.82) is 0 Å². The summed E-state index contributed by atoms with van der Waals surface area (Å²) in [5, 5.41) is 6.40. The summed E-state index contributed by atoms with van der Waals surface area (Å²) in [6, 6.07) is 7.25. The standard InChI is InChI=1S/C25H28F2N8/c1-14(2)35-16(4)31-24-19(26)9-17(10-21(24)35)23-20(27)13-30-25(33-23)32-22-6-5-18(12-29-22)34-8-7-28-11-15(34)3/h5-6,9-10,12-15,28H,7-8,11H2,1-4H3,(H,29,30,32,33)/t15-/m1/s1. The summed E-state index contributed by atoms with van der Waals surface area (Å²) >= 11 is 0. The van der Waals surface area contributed by atoms with Crippen LogP contribution in [0.5, 0.6) is 0 Å². The highest BCUT2D eigenvalue weighted by molar-refractivity contribution is 5.83. The normalized spacial score (nSPS) is 16.3. The molecule has 4 aromatic rings. The van der Waals surface area contributed by atoms with Crippen LogP contribution in [0.3, 0.4) is 0 Å². The van der Waals surface area contributed by atoms with Crippen LogP contribution in [0.25, 0.3) is 22.3 Å². The van der Waals surface area contributed by atoms with Crippen LogP contribution < -0.4 is 15.5 Å². The van der Waals surface area contributed by atoms with Crippen LogP contribution in [-0.2, 0) is 0 Å². The SMILES string of the molecule is Cc1nc2c(F)cc(-c3nc(Nc4ccc(N5CCNC[C@H]5C)cn4)ncc3F)cc2n1C(C)C. The van der Waals surface area contributed by atoms with Gasteiger partial charge in [-0.15, -0.1) is 0 Å². The lowest BCUT2D eigenvalue weighted by molar-refractivity contribution is 0.500. The predicted molar refractivity (Wildman–Crippen MR) is 133 cm³/mol. The molecule has 0 bridgehead atoms. The van der Waals surface area contributed by atoms with Gasteiger partial charge in [0, 0.05) is 37.3 Å². The zero-order valence-electron chi connectivity index (χ0n) is 20.2. The van der Waals surface area contributed by atoms with Crippen molar-refractivity contribution in [2.45, 2.75) is 39.8 Å². The maximum atomic E-state index is 14.9. The molecule has 5 rings (SSSR count). The average molecular weight is 479 g/mol. The molecule has 3 aromatic heterocycles. The molecule has 1 atom stereocenters. The van der Waals surface area contributed by atoms with E-state index in [1.807, 2.05) is 37.5 Å². The van der Waals surface area contributed by atoms with Gasteiger partial charge >= 0.3 is 0 Å². The summed E-state index contributed by atoms with van der Waals surface area (Å²) in [7, 11) is 0. The van der Waals surface area contributed by atoms with Gasteiger partial charge in [0.2, 0.25) is 5.95 Å². The maximum absolute atomic E-state index is 14.9. The van der Waals surface area contributed by atoms with E-state index in [0.29, 0.717) is 28.8 Å². The van der Waals surface area contributed by atoms with E-state index in [9.17, 15) is 8.78 Å². The summed E-state index contributed by atoms with van der Waals surface area (Å²) < 4.78 is 31.6. The Labute approximate surface area is 202 Å². The minimum atomic E-state index is -0.641. The van der Waals surface area contributed by atoms with E-state index in [2.05, 4.69) is 42.4 Å². The highest BCUT2D eigenvalue weighted by Gasteiger charge is 2.20. The molecule has 1 fully saturated rings. The van der Waals surface area contributed by atoms with Crippen molar-refractivity contribution in [3.8, 4) is 11.3 Å². The Balaban J connectivity index is 1.44. The van der Waals surface area contributed by atoms with Gasteiger partial charge in [-0.1, -0.05) is 0 Å². The van der Waals surface area contributed by atoms with Gasteiger partial charge in [0.15, 0.2) is 11.6 Å². The lowest BCUT2D eigenvalue weighted by Gasteiger charge is -2.35. The minimum absolute atomic E-state index is 0.00345. The van der Waals surface area contributed by atoms with E-state index < -0.39 is 11.6 Å². The van der Waals surface area contributed by atoms with Gasteiger partial charge in [0.1, 0.15) is 22.9 Å². The Morgan fingerprint density at radius 2 is 1.91 bits per heavy atom. The Morgan fingerprint density at radius 3 is 2.63 bits per heavy atom. The smallest absolute Gasteiger partial charge is 0.229 e. The first-order valence-corrected chi connectivity index (χ1v) is 11.7. The van der Waals surface area contributed by atoms with Gasteiger partial charge in [-0.05, 0) is 52.0 Å². The summed E-state index contributed by atoms with van der Waals surface area (Å²) in [6.07, 6.45) is 2.88. The fraction of sp³-hybridized carbons (Fsp3) is 0.360. The Morgan fingerprint density at radius 1 is 1.09 bits per heavy atom. The van der Waals surface area contributed by atoms with Crippen LogP contribution in [0, 0.1) is 18.6 Å². The number of nitrogens with one attached hydrogen (secondary N) is 2. The number of imidazole rings is 1. The van der Waals surface area contributed by atoms with Crippen LogP contribution in [0.2, 0.25) is 0 Å². The van der Waals surface area contributed by atoms with Gasteiger partial charge in [-0.2, -0.15) is 0 Å². The number of aromatic nitrogens is 5. The molecule has 0 unspecified atom stereocenters. The second-order valence-corrected chi connectivity index (χ2v) is 9.11. The molecule has 0 saturated carbocycles. The number of anilines is 3. The molecular weight excluding hydrogens is 450 g/mol. The van der Waals surface area contributed by atoms with Crippen molar-refractivity contribution in [3.05, 3.63) is 54.1 Å². The average Bonchev–Trinajstić information content (AvgIpc) is 3.18. The minimum Gasteiger partial charge on any atom is -0.365 e. The fourth-order valence-corrected chi connectivity index (χ4v) is 4.66. The highest BCUT2D eigenvalue weighted by atomic mass is 19.1. The van der Waals surface area contributed by atoms with E-state index in [1.54, 1.807) is 12.3 Å². The predicted octanol–water partition coefficient (Wildman–Crippen LogP) is 4.60. The van der Waals surface area contributed by atoms with Gasteiger partial charge in [0.05, 0.1) is 23.6 Å². The first kappa shape index (κ1) is 23.1. The molecule has 0 radical (unpaired) electrons. The van der Waals surface area contributed by atoms with Crippen molar-refractivity contribution in [1.82, 2.24) is 29.8 Å². The highest BCUT2D eigenvalue weighted by Crippen LogP contribution is 2.30. The summed E-state index contributed by atoms with van der Waals surface area (Å²) in [4.78, 5) is 19.5. The monoisotopic (exact) mass is 478 g/mol. The van der Waals surface area contributed by atoms with E-state index in [0.717, 1.165) is 31.5 Å². The maximum Gasteiger partial charge on any atom is 0.229 e. The van der Waals surface area contributed by atoms with Crippen molar-refractivity contribution >= 4 is 28.5 Å². The lowest BCUT2D eigenvalue weighted by atomic mass is 10.1. The molecule has 4 heterocycles. The Hall–Kier alpha value is -3.66. The number of piperazine rings is 1. The molecule has 1 aliphatic heterocycles. The van der Waals surface area contributed by atoms with Crippen molar-refractivity contribution < 1.29 is 8.78 Å². The van der Waals surface area contributed by atoms with Crippen LogP contribution in [0.15, 0.2) is 36.7 Å². The largest absolute Gasteiger partial charge is 0.365 e. The van der Waals surface area contributed by atoms with Crippen LogP contribution in [-0.4, -0.2) is 50.2 Å². The van der Waals surface area contributed by atoms with Crippen molar-refractivity contribution in [2.24, 2.45) is 0 Å². The van der Waals surface area contributed by atoms with Gasteiger partial charge in [0.25, 0.3) is 0 Å². The molecule has 0 aliphatic carbocycles. The number of rotatable bonds is 5. The summed E-state index contributed by atoms with van der Waals surface area (Å²) in [5.74, 6) is 0.237. The molecule has 10 heteroatoms. The number of hydrogen-bond acceptors (Lipinski definition) is 7. The number of fused-ring (bicyclic) bond motifs is 1. The first-order valence-electron chi connectivity index (χ1n) is 11.7. The number of aryl methyl sites for hydroxylation is 1. The van der Waals surface area contributed by atoms with E-state index in [1.165, 1.54) is 6.07 Å². The zero-order valence-corrected chi connectivity index (χ0v) is 20.2.